The Morgan fingerprint density at radius 1 is 1.37 bits per heavy atom. The quantitative estimate of drug-likeness (QED) is 0.725. The summed E-state index contributed by atoms with van der Waals surface area (Å²) in [5, 5.41) is 21.6. The largest absolute Gasteiger partial charge is 0.508 e. The van der Waals surface area contributed by atoms with Crippen molar-refractivity contribution in [1.82, 2.24) is 5.32 Å². The van der Waals surface area contributed by atoms with Crippen molar-refractivity contribution in [2.75, 3.05) is 13.2 Å². The van der Waals surface area contributed by atoms with Gasteiger partial charge in [-0.05, 0) is 43.9 Å². The zero-order chi connectivity index (χ0) is 13.7. The fourth-order valence-electron chi connectivity index (χ4n) is 2.18. The van der Waals surface area contributed by atoms with E-state index in [0.717, 1.165) is 25.9 Å². The Kier molecular flexibility index (Phi) is 4.63. The number of phenolic OH excluding ortho intramolecular Hbond substituents is 2. The van der Waals surface area contributed by atoms with Crippen LogP contribution in [-0.2, 0) is 4.74 Å². The van der Waals surface area contributed by atoms with Gasteiger partial charge in [0, 0.05) is 13.2 Å². The summed E-state index contributed by atoms with van der Waals surface area (Å²) in [7, 11) is 0. The van der Waals surface area contributed by atoms with Crippen molar-refractivity contribution in [2.45, 2.75) is 31.8 Å². The predicted molar refractivity (Wildman–Crippen MR) is 70.3 cm³/mol. The Morgan fingerprint density at radius 3 is 2.95 bits per heavy atom. The molecule has 0 radical (unpaired) electrons. The van der Waals surface area contributed by atoms with Gasteiger partial charge in [-0.2, -0.15) is 0 Å². The molecule has 1 unspecified atom stereocenters. The van der Waals surface area contributed by atoms with Crippen molar-refractivity contribution >= 4 is 5.91 Å². The molecule has 5 heteroatoms. The number of amides is 1. The summed E-state index contributed by atoms with van der Waals surface area (Å²) < 4.78 is 5.57. The lowest BCUT2D eigenvalue weighted by atomic mass is 10.1. The average Bonchev–Trinajstić information content (AvgIpc) is 2.42. The van der Waals surface area contributed by atoms with E-state index in [2.05, 4.69) is 5.32 Å². The van der Waals surface area contributed by atoms with E-state index in [9.17, 15) is 15.0 Å². The fourth-order valence-corrected chi connectivity index (χ4v) is 2.18. The molecule has 1 aromatic rings. The summed E-state index contributed by atoms with van der Waals surface area (Å²) in [6.45, 7) is 1.30. The Hall–Kier alpha value is -1.75. The number of nitrogens with one attached hydrogen (secondary N) is 1. The molecule has 104 valence electrons. The maximum Gasteiger partial charge on any atom is 0.255 e. The number of rotatable bonds is 4. The highest BCUT2D eigenvalue weighted by Gasteiger charge is 2.15. The molecule has 0 bridgehead atoms. The minimum absolute atomic E-state index is 0.0430. The third-order valence-electron chi connectivity index (χ3n) is 3.25. The van der Waals surface area contributed by atoms with E-state index in [-0.39, 0.29) is 29.1 Å². The number of phenols is 2. The summed E-state index contributed by atoms with van der Waals surface area (Å²) in [5.74, 6) is -0.563. The van der Waals surface area contributed by atoms with Crippen LogP contribution in [0.4, 0.5) is 0 Å². The number of benzene rings is 1. The van der Waals surface area contributed by atoms with Gasteiger partial charge < -0.3 is 20.3 Å². The standard InChI is InChI=1S/C14H19NO4/c16-10-4-5-13(17)12(9-10)14(18)15-7-6-11-3-1-2-8-19-11/h4-5,9,11,16-17H,1-3,6-8H2,(H,15,18). The predicted octanol–water partition coefficient (Wildman–Crippen LogP) is 1.79. The molecule has 1 aliphatic rings. The monoisotopic (exact) mass is 265 g/mol. The van der Waals surface area contributed by atoms with E-state index in [0.29, 0.717) is 6.54 Å². The van der Waals surface area contributed by atoms with Crippen LogP contribution in [0.2, 0.25) is 0 Å². The van der Waals surface area contributed by atoms with Crippen LogP contribution in [0.15, 0.2) is 18.2 Å². The van der Waals surface area contributed by atoms with E-state index in [1.807, 2.05) is 0 Å². The molecule has 2 rings (SSSR count). The highest BCUT2D eigenvalue weighted by molar-refractivity contribution is 5.97. The lowest BCUT2D eigenvalue weighted by molar-refractivity contribution is 0.0117. The molecule has 1 fully saturated rings. The van der Waals surface area contributed by atoms with Crippen LogP contribution in [0.3, 0.4) is 0 Å². The van der Waals surface area contributed by atoms with Crippen molar-refractivity contribution < 1.29 is 19.7 Å². The van der Waals surface area contributed by atoms with Crippen LogP contribution in [-0.4, -0.2) is 35.4 Å². The van der Waals surface area contributed by atoms with Crippen molar-refractivity contribution in [3.05, 3.63) is 23.8 Å². The molecular weight excluding hydrogens is 246 g/mol. The molecule has 0 saturated carbocycles. The number of carbonyl (C=O) groups excluding carboxylic acids is 1. The maximum absolute atomic E-state index is 11.8. The number of hydrogen-bond acceptors (Lipinski definition) is 4. The first-order valence-corrected chi connectivity index (χ1v) is 6.58. The summed E-state index contributed by atoms with van der Waals surface area (Å²) in [6, 6.07) is 3.89. The van der Waals surface area contributed by atoms with E-state index in [1.165, 1.54) is 24.6 Å². The molecule has 1 atom stereocenters. The molecule has 0 spiro atoms. The van der Waals surface area contributed by atoms with E-state index >= 15 is 0 Å². The summed E-state index contributed by atoms with van der Waals surface area (Å²) in [4.78, 5) is 11.8. The maximum atomic E-state index is 11.8. The molecular formula is C14H19NO4. The normalized spacial score (nSPS) is 19.1. The minimum atomic E-state index is -0.385. The van der Waals surface area contributed by atoms with Gasteiger partial charge in [0.05, 0.1) is 11.7 Å². The van der Waals surface area contributed by atoms with Crippen LogP contribution < -0.4 is 5.32 Å². The van der Waals surface area contributed by atoms with Gasteiger partial charge in [-0.1, -0.05) is 0 Å². The highest BCUT2D eigenvalue weighted by atomic mass is 16.5. The topological polar surface area (TPSA) is 78.8 Å². The number of aromatic hydroxyl groups is 2. The Labute approximate surface area is 112 Å². The Morgan fingerprint density at radius 2 is 2.21 bits per heavy atom. The van der Waals surface area contributed by atoms with Crippen molar-refractivity contribution in [3.63, 3.8) is 0 Å². The molecule has 0 aromatic heterocycles. The van der Waals surface area contributed by atoms with Gasteiger partial charge in [-0.3, -0.25) is 4.79 Å². The number of ether oxygens (including phenoxy) is 1. The minimum Gasteiger partial charge on any atom is -0.508 e. The molecule has 1 amide bonds. The van der Waals surface area contributed by atoms with Crippen LogP contribution in [0, 0.1) is 0 Å². The van der Waals surface area contributed by atoms with Gasteiger partial charge in [0.2, 0.25) is 0 Å². The van der Waals surface area contributed by atoms with Gasteiger partial charge in [-0.15, -0.1) is 0 Å². The number of carbonyl (C=O) groups is 1. The van der Waals surface area contributed by atoms with Gasteiger partial charge in [-0.25, -0.2) is 0 Å². The van der Waals surface area contributed by atoms with E-state index in [4.69, 9.17) is 4.74 Å². The first-order chi connectivity index (χ1) is 9.16. The van der Waals surface area contributed by atoms with Crippen LogP contribution >= 0.6 is 0 Å². The molecule has 1 saturated heterocycles. The van der Waals surface area contributed by atoms with Crippen LogP contribution in [0.5, 0.6) is 11.5 Å². The van der Waals surface area contributed by atoms with E-state index in [1.54, 1.807) is 0 Å². The Balaban J connectivity index is 1.82. The van der Waals surface area contributed by atoms with Gasteiger partial charge in [0.1, 0.15) is 11.5 Å². The lowest BCUT2D eigenvalue weighted by Gasteiger charge is -2.22. The average molecular weight is 265 g/mol. The van der Waals surface area contributed by atoms with Gasteiger partial charge >= 0.3 is 0 Å². The van der Waals surface area contributed by atoms with Gasteiger partial charge in [0.15, 0.2) is 0 Å². The molecule has 3 N–H and O–H groups in total. The number of hydrogen-bond donors (Lipinski definition) is 3. The second kappa shape index (κ2) is 6.43. The second-order valence-electron chi connectivity index (χ2n) is 4.73. The lowest BCUT2D eigenvalue weighted by Crippen LogP contribution is -2.29. The molecule has 0 aliphatic carbocycles. The third kappa shape index (κ3) is 3.86. The van der Waals surface area contributed by atoms with E-state index < -0.39 is 0 Å². The molecule has 5 nitrogen and oxygen atoms in total. The first kappa shape index (κ1) is 13.7. The zero-order valence-electron chi connectivity index (χ0n) is 10.8. The second-order valence-corrected chi connectivity index (χ2v) is 4.73. The third-order valence-corrected chi connectivity index (χ3v) is 3.25. The van der Waals surface area contributed by atoms with Crippen molar-refractivity contribution in [3.8, 4) is 11.5 Å². The van der Waals surface area contributed by atoms with Crippen LogP contribution in [0.1, 0.15) is 36.0 Å². The smallest absolute Gasteiger partial charge is 0.255 e. The van der Waals surface area contributed by atoms with Gasteiger partial charge in [0.25, 0.3) is 5.91 Å². The fraction of sp³-hybridized carbons (Fsp3) is 0.500. The summed E-state index contributed by atoms with van der Waals surface area (Å²) in [5.41, 5.74) is 0.0876. The Bertz CT molecular complexity index is 441. The zero-order valence-corrected chi connectivity index (χ0v) is 10.8. The first-order valence-electron chi connectivity index (χ1n) is 6.58. The summed E-state index contributed by atoms with van der Waals surface area (Å²) in [6.07, 6.45) is 4.30. The molecule has 19 heavy (non-hydrogen) atoms. The van der Waals surface area contributed by atoms with Crippen LogP contribution in [0.25, 0.3) is 0 Å². The van der Waals surface area contributed by atoms with Crippen molar-refractivity contribution in [1.29, 1.82) is 0 Å². The molecule has 1 aliphatic heterocycles. The SMILES string of the molecule is O=C(NCCC1CCCCO1)c1cc(O)ccc1O. The summed E-state index contributed by atoms with van der Waals surface area (Å²) >= 11 is 0. The van der Waals surface area contributed by atoms with Crippen molar-refractivity contribution in [2.24, 2.45) is 0 Å². The molecule has 1 aromatic carbocycles. The highest BCUT2D eigenvalue weighted by Crippen LogP contribution is 2.22. The molecule has 1 heterocycles.